The molecule has 1 aromatic heterocycles. The first-order chi connectivity index (χ1) is 13.8. The highest BCUT2D eigenvalue weighted by Gasteiger charge is 2.21. The Labute approximate surface area is 170 Å². The number of carbonyl (C=O) groups is 2. The zero-order chi connectivity index (χ0) is 21.6. The van der Waals surface area contributed by atoms with Crippen LogP contribution in [-0.4, -0.2) is 24.0 Å². The number of carbonyl (C=O) groups excluding carboxylic acids is 2. The molecule has 7 heteroatoms. The summed E-state index contributed by atoms with van der Waals surface area (Å²) in [6.07, 6.45) is 2.70. The minimum atomic E-state index is -1.32. The molecule has 0 spiro atoms. The number of benzene rings is 1. The van der Waals surface area contributed by atoms with Crippen molar-refractivity contribution >= 4 is 22.8 Å². The summed E-state index contributed by atoms with van der Waals surface area (Å²) < 4.78 is 11.1. The monoisotopic (exact) mass is 402 g/mol. The van der Waals surface area contributed by atoms with E-state index in [4.69, 9.17) is 9.15 Å². The molecular formula is C22H28NO6-. The van der Waals surface area contributed by atoms with Gasteiger partial charge in [-0.3, -0.25) is 4.79 Å². The van der Waals surface area contributed by atoms with Crippen LogP contribution in [0.5, 0.6) is 5.75 Å². The number of nitrogens with one attached hydrogen (secondary N) is 1. The first-order valence-electron chi connectivity index (χ1n) is 10.0. The third-order valence-electron chi connectivity index (χ3n) is 4.85. The number of rotatable bonds is 10. The number of unbranched alkanes of at least 4 members (excludes halogenated alkanes) is 1. The highest BCUT2D eigenvalue weighted by atomic mass is 16.5. The fraction of sp³-hybridized carbons (Fsp3) is 0.500. The molecule has 1 N–H and O–H groups in total. The van der Waals surface area contributed by atoms with Crippen LogP contribution < -0.4 is 20.8 Å². The van der Waals surface area contributed by atoms with E-state index in [2.05, 4.69) is 12.2 Å². The SMILES string of the molecule is CCCCc1cc(=O)oc2c(C)c(O[C@H](C)C(=O)N[C@H](CCC)C(=O)[O-])ccc12. The largest absolute Gasteiger partial charge is 0.548 e. The molecular weight excluding hydrogens is 374 g/mol. The molecule has 1 amide bonds. The molecule has 158 valence electrons. The Morgan fingerprint density at radius 2 is 1.97 bits per heavy atom. The molecule has 0 bridgehead atoms. The molecule has 2 rings (SSSR count). The summed E-state index contributed by atoms with van der Waals surface area (Å²) in [7, 11) is 0. The zero-order valence-corrected chi connectivity index (χ0v) is 17.4. The minimum Gasteiger partial charge on any atom is -0.548 e. The fourth-order valence-electron chi connectivity index (χ4n) is 3.18. The van der Waals surface area contributed by atoms with Crippen LogP contribution in [0.3, 0.4) is 0 Å². The van der Waals surface area contributed by atoms with E-state index in [0.717, 1.165) is 30.2 Å². The van der Waals surface area contributed by atoms with Crippen molar-refractivity contribution in [2.45, 2.75) is 71.9 Å². The topological polar surface area (TPSA) is 109 Å². The highest BCUT2D eigenvalue weighted by molar-refractivity contribution is 5.87. The summed E-state index contributed by atoms with van der Waals surface area (Å²) in [5.74, 6) is -1.47. The van der Waals surface area contributed by atoms with Gasteiger partial charge in [-0.1, -0.05) is 26.7 Å². The first kappa shape index (κ1) is 22.5. The van der Waals surface area contributed by atoms with Gasteiger partial charge in [-0.25, -0.2) is 4.79 Å². The van der Waals surface area contributed by atoms with Gasteiger partial charge in [0.05, 0.1) is 12.0 Å². The molecule has 0 radical (unpaired) electrons. The fourth-order valence-corrected chi connectivity index (χ4v) is 3.18. The maximum atomic E-state index is 12.3. The Morgan fingerprint density at radius 3 is 2.59 bits per heavy atom. The second kappa shape index (κ2) is 10.1. The Bertz CT molecular complexity index is 933. The van der Waals surface area contributed by atoms with Gasteiger partial charge in [-0.15, -0.1) is 0 Å². The van der Waals surface area contributed by atoms with E-state index >= 15 is 0 Å². The van der Waals surface area contributed by atoms with Crippen LogP contribution in [-0.2, 0) is 16.0 Å². The highest BCUT2D eigenvalue weighted by Crippen LogP contribution is 2.29. The van der Waals surface area contributed by atoms with Crippen molar-refractivity contribution in [3.8, 4) is 5.75 Å². The number of fused-ring (bicyclic) bond motifs is 1. The second-order valence-electron chi connectivity index (χ2n) is 7.19. The maximum absolute atomic E-state index is 12.3. The molecule has 0 fully saturated rings. The van der Waals surface area contributed by atoms with Gasteiger partial charge in [0.2, 0.25) is 0 Å². The average molecular weight is 402 g/mol. The number of hydrogen-bond acceptors (Lipinski definition) is 6. The molecule has 0 aliphatic rings. The summed E-state index contributed by atoms with van der Waals surface area (Å²) >= 11 is 0. The lowest BCUT2D eigenvalue weighted by Crippen LogP contribution is -2.51. The molecule has 1 heterocycles. The number of amides is 1. The van der Waals surface area contributed by atoms with Crippen molar-refractivity contribution < 1.29 is 23.8 Å². The maximum Gasteiger partial charge on any atom is 0.336 e. The third-order valence-corrected chi connectivity index (χ3v) is 4.85. The number of carboxylic acids is 1. The van der Waals surface area contributed by atoms with Crippen molar-refractivity contribution in [2.75, 3.05) is 0 Å². The molecule has 0 saturated carbocycles. The quantitative estimate of drug-likeness (QED) is 0.611. The molecule has 2 aromatic rings. The molecule has 0 saturated heterocycles. The summed E-state index contributed by atoms with van der Waals surface area (Å²) in [4.78, 5) is 35.4. The predicted molar refractivity (Wildman–Crippen MR) is 108 cm³/mol. The average Bonchev–Trinajstić information content (AvgIpc) is 2.67. The summed E-state index contributed by atoms with van der Waals surface area (Å²) in [5.41, 5.74) is 1.55. The Kier molecular flexibility index (Phi) is 7.82. The molecule has 2 atom stereocenters. The van der Waals surface area contributed by atoms with E-state index in [0.29, 0.717) is 23.3 Å². The predicted octanol–water partition coefficient (Wildman–Crippen LogP) is 2.25. The zero-order valence-electron chi connectivity index (χ0n) is 17.4. The molecule has 7 nitrogen and oxygen atoms in total. The lowest BCUT2D eigenvalue weighted by atomic mass is 10.0. The number of hydrogen-bond donors (Lipinski definition) is 1. The van der Waals surface area contributed by atoms with Crippen molar-refractivity contribution in [1.29, 1.82) is 0 Å². The summed E-state index contributed by atoms with van der Waals surface area (Å²) in [6.45, 7) is 7.20. The van der Waals surface area contributed by atoms with E-state index in [1.807, 2.05) is 13.0 Å². The lowest BCUT2D eigenvalue weighted by Gasteiger charge is -2.22. The summed E-state index contributed by atoms with van der Waals surface area (Å²) in [5, 5.41) is 14.4. The summed E-state index contributed by atoms with van der Waals surface area (Å²) in [6, 6.07) is 4.01. The van der Waals surface area contributed by atoms with Gasteiger partial charge in [0, 0.05) is 17.0 Å². The molecule has 0 unspecified atom stereocenters. The van der Waals surface area contributed by atoms with E-state index in [9.17, 15) is 19.5 Å². The lowest BCUT2D eigenvalue weighted by molar-refractivity contribution is -0.308. The van der Waals surface area contributed by atoms with Crippen LogP contribution in [0.1, 0.15) is 57.6 Å². The molecule has 1 aromatic carbocycles. The van der Waals surface area contributed by atoms with Gasteiger partial charge in [-0.05, 0) is 50.8 Å². The van der Waals surface area contributed by atoms with Crippen molar-refractivity contribution in [2.24, 2.45) is 0 Å². The number of aryl methyl sites for hydroxylation is 2. The van der Waals surface area contributed by atoms with Crippen LogP contribution in [0.15, 0.2) is 27.4 Å². The van der Waals surface area contributed by atoms with Crippen LogP contribution >= 0.6 is 0 Å². The van der Waals surface area contributed by atoms with Crippen molar-refractivity contribution in [1.82, 2.24) is 5.32 Å². The van der Waals surface area contributed by atoms with Gasteiger partial charge in [0.15, 0.2) is 6.10 Å². The van der Waals surface area contributed by atoms with Gasteiger partial charge in [0.1, 0.15) is 11.3 Å². The van der Waals surface area contributed by atoms with Crippen LogP contribution in [0, 0.1) is 6.92 Å². The van der Waals surface area contributed by atoms with E-state index in [-0.39, 0.29) is 6.42 Å². The number of aliphatic carboxylic acids is 1. The minimum absolute atomic E-state index is 0.279. The van der Waals surface area contributed by atoms with E-state index in [1.54, 1.807) is 13.0 Å². The van der Waals surface area contributed by atoms with Crippen LogP contribution in [0.4, 0.5) is 0 Å². The smallest absolute Gasteiger partial charge is 0.336 e. The molecule has 0 aliphatic heterocycles. The Morgan fingerprint density at radius 1 is 1.24 bits per heavy atom. The number of carboxylic acid groups (broad SMARTS) is 1. The van der Waals surface area contributed by atoms with Gasteiger partial charge in [0.25, 0.3) is 5.91 Å². The van der Waals surface area contributed by atoms with E-state index in [1.165, 1.54) is 13.0 Å². The standard InChI is InChI=1S/C22H29NO6/c1-5-7-9-15-12-19(24)29-20-13(3)18(11-10-16(15)20)28-14(4)21(25)23-17(8-6-2)22(26)27/h10-12,14,17H,5-9H2,1-4H3,(H,23,25)(H,26,27)/p-1/t14-,17-/m1/s1. The number of ether oxygens (including phenoxy) is 1. The Hall–Kier alpha value is -2.83. The van der Waals surface area contributed by atoms with Crippen molar-refractivity contribution in [3.63, 3.8) is 0 Å². The normalized spacial score (nSPS) is 13.1. The third kappa shape index (κ3) is 5.59. The Balaban J connectivity index is 2.25. The molecule has 0 aliphatic carbocycles. The second-order valence-corrected chi connectivity index (χ2v) is 7.19. The van der Waals surface area contributed by atoms with Gasteiger partial charge in [-0.2, -0.15) is 0 Å². The molecule has 29 heavy (non-hydrogen) atoms. The van der Waals surface area contributed by atoms with E-state index < -0.39 is 29.6 Å². The van der Waals surface area contributed by atoms with Crippen LogP contribution in [0.2, 0.25) is 0 Å². The first-order valence-corrected chi connectivity index (χ1v) is 10.0. The van der Waals surface area contributed by atoms with Gasteiger partial charge < -0.3 is 24.4 Å². The van der Waals surface area contributed by atoms with Crippen LogP contribution in [0.25, 0.3) is 11.0 Å². The van der Waals surface area contributed by atoms with Crippen molar-refractivity contribution in [3.05, 3.63) is 39.7 Å². The van der Waals surface area contributed by atoms with Gasteiger partial charge >= 0.3 is 5.63 Å².